The van der Waals surface area contributed by atoms with Crippen LogP contribution < -0.4 is 4.57 Å². The quantitative estimate of drug-likeness (QED) is 0.632. The molecule has 0 saturated heterocycles. The Balaban J connectivity index is 2.32. The second-order valence-electron chi connectivity index (χ2n) is 5.79. The van der Waals surface area contributed by atoms with Crippen LogP contribution >= 0.6 is 0 Å². The molecule has 0 spiro atoms. The van der Waals surface area contributed by atoms with E-state index in [-0.39, 0.29) is 11.1 Å². The van der Waals surface area contributed by atoms with Gasteiger partial charge in [0.05, 0.1) is 11.6 Å². The Morgan fingerprint density at radius 3 is 2.38 bits per heavy atom. The van der Waals surface area contributed by atoms with Gasteiger partial charge in [-0.05, 0) is 49.5 Å². The molecule has 2 nitrogen and oxygen atoms in total. The molecule has 118 valence electrons. The molecule has 0 radical (unpaired) electrons. The summed E-state index contributed by atoms with van der Waals surface area (Å²) >= 11 is 0. The highest BCUT2D eigenvalue weighted by Gasteiger charge is 2.17. The molecular formula is C22H21N2+. The van der Waals surface area contributed by atoms with Crippen molar-refractivity contribution in [2.24, 2.45) is 7.05 Å². The van der Waals surface area contributed by atoms with Gasteiger partial charge in [-0.1, -0.05) is 30.3 Å². The maximum absolute atomic E-state index is 9.60. The van der Waals surface area contributed by atoms with Crippen molar-refractivity contribution in [1.82, 2.24) is 0 Å². The lowest BCUT2D eigenvalue weighted by atomic mass is 9.92. The molecular weight excluding hydrogens is 292 g/mol. The normalized spacial score (nSPS) is 15.2. The number of rotatable bonds is 2. The van der Waals surface area contributed by atoms with Crippen LogP contribution in [0.15, 0.2) is 54.7 Å². The predicted molar refractivity (Wildman–Crippen MR) is 97.4 cm³/mol. The standard InChI is InChI=1S/C22H21N2/c1-15-11-22(24(4)14-17(15)3)20-12-21(18-8-6-5-7-9-18)19(13-23)10-16(20)2/h5-12,14H,1-4H3/q+1/i1D3,3D3. The molecule has 0 bridgehead atoms. The van der Waals surface area contributed by atoms with Gasteiger partial charge in [0.1, 0.15) is 7.05 Å². The van der Waals surface area contributed by atoms with Crippen LogP contribution in [-0.2, 0) is 7.05 Å². The summed E-state index contributed by atoms with van der Waals surface area (Å²) in [6.45, 7) is -3.28. The van der Waals surface area contributed by atoms with Gasteiger partial charge in [-0.2, -0.15) is 5.26 Å². The lowest BCUT2D eigenvalue weighted by molar-refractivity contribution is -0.660. The van der Waals surface area contributed by atoms with E-state index in [0.29, 0.717) is 11.3 Å². The summed E-state index contributed by atoms with van der Waals surface area (Å²) in [4.78, 5) is 0. The fourth-order valence-corrected chi connectivity index (χ4v) is 2.85. The summed E-state index contributed by atoms with van der Waals surface area (Å²) in [5.41, 5.74) is 3.82. The molecule has 2 aromatic carbocycles. The van der Waals surface area contributed by atoms with Gasteiger partial charge in [0.2, 0.25) is 5.69 Å². The lowest BCUT2D eigenvalue weighted by Crippen LogP contribution is -2.31. The molecule has 0 unspecified atom stereocenters. The van der Waals surface area contributed by atoms with Crippen molar-refractivity contribution in [1.29, 1.82) is 5.26 Å². The number of nitrogens with zero attached hydrogens (tertiary/aromatic N) is 2. The van der Waals surface area contributed by atoms with Crippen molar-refractivity contribution in [2.45, 2.75) is 20.6 Å². The molecule has 1 aromatic heterocycles. The minimum Gasteiger partial charge on any atom is -0.201 e. The molecule has 3 rings (SSSR count). The Labute approximate surface area is 152 Å². The second-order valence-corrected chi connectivity index (χ2v) is 5.79. The van der Waals surface area contributed by atoms with Crippen molar-refractivity contribution in [3.8, 4) is 28.5 Å². The first-order chi connectivity index (χ1) is 13.9. The van der Waals surface area contributed by atoms with Gasteiger partial charge in [0, 0.05) is 31.0 Å². The van der Waals surface area contributed by atoms with Gasteiger partial charge in [-0.3, -0.25) is 0 Å². The highest BCUT2D eigenvalue weighted by molar-refractivity contribution is 5.78. The molecule has 3 aromatic rings. The fourth-order valence-electron chi connectivity index (χ4n) is 2.85. The Morgan fingerprint density at radius 1 is 0.958 bits per heavy atom. The molecule has 0 aliphatic heterocycles. The summed E-state index contributed by atoms with van der Waals surface area (Å²) in [6.07, 6.45) is 1.36. The monoisotopic (exact) mass is 319 g/mol. The summed E-state index contributed by atoms with van der Waals surface area (Å²) in [5.74, 6) is 0. The predicted octanol–water partition coefficient (Wildman–Crippen LogP) is 4.64. The Morgan fingerprint density at radius 2 is 1.71 bits per heavy atom. The van der Waals surface area contributed by atoms with Crippen molar-refractivity contribution in [2.75, 3.05) is 0 Å². The number of hydrogen-bond donors (Lipinski definition) is 0. The number of pyridine rings is 1. The smallest absolute Gasteiger partial charge is 0.201 e. The van der Waals surface area contributed by atoms with E-state index in [2.05, 4.69) is 6.07 Å². The van der Waals surface area contributed by atoms with E-state index in [0.717, 1.165) is 22.3 Å². The van der Waals surface area contributed by atoms with Crippen molar-refractivity contribution in [3.05, 3.63) is 77.0 Å². The van der Waals surface area contributed by atoms with E-state index in [4.69, 9.17) is 8.22 Å². The largest absolute Gasteiger partial charge is 0.212 e. The zero-order chi connectivity index (χ0) is 22.3. The summed E-state index contributed by atoms with van der Waals surface area (Å²) in [5, 5.41) is 9.60. The number of benzene rings is 2. The highest BCUT2D eigenvalue weighted by atomic mass is 14.9. The molecule has 0 saturated carbocycles. The van der Waals surface area contributed by atoms with Crippen molar-refractivity contribution < 1.29 is 12.8 Å². The summed E-state index contributed by atoms with van der Waals surface area (Å²) < 4.78 is 48.4. The second kappa shape index (κ2) is 6.29. The third-order valence-electron chi connectivity index (χ3n) is 4.12. The molecule has 24 heavy (non-hydrogen) atoms. The minimum absolute atomic E-state index is 0.191. The topological polar surface area (TPSA) is 27.7 Å². The maximum Gasteiger partial charge on any atom is 0.212 e. The zero-order valence-electron chi connectivity index (χ0n) is 19.6. The molecule has 0 aliphatic rings. The maximum atomic E-state index is 9.60. The van der Waals surface area contributed by atoms with Gasteiger partial charge in [-0.15, -0.1) is 0 Å². The molecule has 0 atom stereocenters. The highest BCUT2D eigenvalue weighted by Crippen LogP contribution is 2.31. The number of aryl methyl sites for hydroxylation is 4. The molecule has 1 heterocycles. The lowest BCUT2D eigenvalue weighted by Gasteiger charge is -2.11. The van der Waals surface area contributed by atoms with Crippen molar-refractivity contribution in [3.63, 3.8) is 0 Å². The van der Waals surface area contributed by atoms with Gasteiger partial charge in [0.25, 0.3) is 0 Å². The molecule has 0 N–H and O–H groups in total. The SMILES string of the molecule is [2H]C([2H])([2H])c1cc(-c2cc(-c3ccccc3)c(C#N)cc2C)[n+](C)cc1C([2H])([2H])[2H]. The van der Waals surface area contributed by atoms with Gasteiger partial charge < -0.3 is 0 Å². The first-order valence-corrected chi connectivity index (χ1v) is 7.58. The van der Waals surface area contributed by atoms with Crippen LogP contribution in [-0.4, -0.2) is 0 Å². The van der Waals surface area contributed by atoms with E-state index in [1.165, 1.54) is 12.3 Å². The Bertz CT molecular complexity index is 1140. The molecule has 0 aliphatic carbocycles. The third-order valence-corrected chi connectivity index (χ3v) is 4.12. The van der Waals surface area contributed by atoms with Crippen LogP contribution in [0.5, 0.6) is 0 Å². The van der Waals surface area contributed by atoms with Crippen molar-refractivity contribution >= 4 is 0 Å². The third kappa shape index (κ3) is 2.81. The van der Waals surface area contributed by atoms with Crippen LogP contribution in [0.25, 0.3) is 22.4 Å². The van der Waals surface area contributed by atoms with Crippen LogP contribution in [0.1, 0.15) is 30.5 Å². The van der Waals surface area contributed by atoms with E-state index in [1.807, 2.05) is 43.3 Å². The summed E-state index contributed by atoms with van der Waals surface area (Å²) in [7, 11) is 1.69. The van der Waals surface area contributed by atoms with Crippen LogP contribution in [0.2, 0.25) is 0 Å². The number of hydrogen-bond acceptors (Lipinski definition) is 1. The summed E-state index contributed by atoms with van der Waals surface area (Å²) in [6, 6.07) is 16.7. The van der Waals surface area contributed by atoms with Gasteiger partial charge in [-0.25, -0.2) is 4.57 Å². The fraction of sp³-hybridized carbons (Fsp3) is 0.182. The van der Waals surface area contributed by atoms with Crippen LogP contribution in [0.3, 0.4) is 0 Å². The number of nitriles is 1. The average molecular weight is 319 g/mol. The molecule has 0 amide bonds. The van der Waals surface area contributed by atoms with E-state index >= 15 is 0 Å². The molecule has 2 heteroatoms. The van der Waals surface area contributed by atoms with Crippen LogP contribution in [0, 0.1) is 32.0 Å². The number of aromatic nitrogens is 1. The Kier molecular flexibility index (Phi) is 2.64. The van der Waals surface area contributed by atoms with Gasteiger partial charge >= 0.3 is 0 Å². The minimum atomic E-state index is -2.57. The average Bonchev–Trinajstić information content (AvgIpc) is 2.67. The zero-order valence-corrected chi connectivity index (χ0v) is 13.6. The van der Waals surface area contributed by atoms with Gasteiger partial charge in [0.15, 0.2) is 6.20 Å². The van der Waals surface area contributed by atoms with E-state index in [1.54, 1.807) is 17.7 Å². The van der Waals surface area contributed by atoms with E-state index < -0.39 is 13.7 Å². The first-order valence-electron chi connectivity index (χ1n) is 10.6. The first kappa shape index (κ1) is 10.1. The molecule has 0 fully saturated rings. The van der Waals surface area contributed by atoms with Crippen LogP contribution in [0.4, 0.5) is 0 Å². The van der Waals surface area contributed by atoms with E-state index in [9.17, 15) is 5.26 Å². The Hall–Kier alpha value is -2.92.